The number of carbonyl (C=O) groups excluding carboxylic acids is 1. The van der Waals surface area contributed by atoms with E-state index in [9.17, 15) is 9.90 Å². The van der Waals surface area contributed by atoms with Crippen molar-refractivity contribution in [3.05, 3.63) is 59.7 Å². The van der Waals surface area contributed by atoms with E-state index in [2.05, 4.69) is 4.90 Å². The highest BCUT2D eigenvalue weighted by Crippen LogP contribution is 2.27. The number of nitrogens with two attached hydrogens (primary N) is 1. The van der Waals surface area contributed by atoms with Gasteiger partial charge in [0, 0.05) is 50.5 Å². The molecule has 0 aromatic heterocycles. The van der Waals surface area contributed by atoms with E-state index < -0.39 is 0 Å². The molecule has 0 aliphatic carbocycles. The standard InChI is InChI=1S/C26H35N5O3/c1-34-18-21-16-30(26(33)31(17-21)23-6-3-5-22(13-23)25(27)28)15-19-8-10-29(11-9-19)14-20-4-2-7-24(32)12-20/h2-7,12-13,19,21,32H,8-11,14-18H2,1H3,(H3,27,28). The number of phenols is 1. The van der Waals surface area contributed by atoms with Gasteiger partial charge in [0.2, 0.25) is 0 Å². The number of aromatic hydroxyl groups is 1. The summed E-state index contributed by atoms with van der Waals surface area (Å²) < 4.78 is 5.44. The van der Waals surface area contributed by atoms with Gasteiger partial charge in [0.05, 0.1) is 6.61 Å². The summed E-state index contributed by atoms with van der Waals surface area (Å²) in [7, 11) is 1.70. The lowest BCUT2D eigenvalue weighted by Crippen LogP contribution is -2.56. The number of ether oxygens (including phenoxy) is 1. The molecule has 0 bridgehead atoms. The van der Waals surface area contributed by atoms with Gasteiger partial charge in [-0.1, -0.05) is 24.3 Å². The monoisotopic (exact) mass is 465 g/mol. The van der Waals surface area contributed by atoms with E-state index in [1.807, 2.05) is 41.3 Å². The molecule has 2 heterocycles. The maximum Gasteiger partial charge on any atom is 0.324 e. The molecule has 2 fully saturated rings. The van der Waals surface area contributed by atoms with Gasteiger partial charge in [-0.15, -0.1) is 0 Å². The first-order valence-corrected chi connectivity index (χ1v) is 11.9. The molecule has 1 unspecified atom stereocenters. The maximum atomic E-state index is 13.5. The van der Waals surface area contributed by atoms with Gasteiger partial charge in [-0.05, 0) is 61.7 Å². The number of benzene rings is 2. The molecule has 0 spiro atoms. The first-order valence-electron chi connectivity index (χ1n) is 11.9. The van der Waals surface area contributed by atoms with Crippen LogP contribution in [0.3, 0.4) is 0 Å². The molecule has 2 aromatic carbocycles. The normalized spacial score (nSPS) is 20.0. The summed E-state index contributed by atoms with van der Waals surface area (Å²) >= 11 is 0. The van der Waals surface area contributed by atoms with Gasteiger partial charge in [-0.3, -0.25) is 15.2 Å². The number of hydrogen-bond donors (Lipinski definition) is 3. The lowest BCUT2D eigenvalue weighted by Gasteiger charge is -2.42. The van der Waals surface area contributed by atoms with Gasteiger partial charge in [0.1, 0.15) is 11.6 Å². The minimum absolute atomic E-state index is 0.00548. The molecular formula is C26H35N5O3. The van der Waals surface area contributed by atoms with Crippen LogP contribution >= 0.6 is 0 Å². The molecule has 8 nitrogen and oxygen atoms in total. The highest BCUT2D eigenvalue weighted by Gasteiger charge is 2.34. The molecule has 2 aliphatic rings. The van der Waals surface area contributed by atoms with Crippen molar-refractivity contribution >= 4 is 17.6 Å². The summed E-state index contributed by atoms with van der Waals surface area (Å²) in [5.41, 5.74) is 8.18. The van der Waals surface area contributed by atoms with Crippen LogP contribution in [0.4, 0.5) is 10.5 Å². The average molecular weight is 466 g/mol. The van der Waals surface area contributed by atoms with Crippen LogP contribution in [0.2, 0.25) is 0 Å². The van der Waals surface area contributed by atoms with Gasteiger partial charge in [-0.2, -0.15) is 0 Å². The third kappa shape index (κ3) is 5.87. The Kier molecular flexibility index (Phi) is 7.70. The Hall–Kier alpha value is -3.10. The Morgan fingerprint density at radius 2 is 1.88 bits per heavy atom. The fraction of sp³-hybridized carbons (Fsp3) is 0.462. The zero-order valence-electron chi connectivity index (χ0n) is 19.8. The number of nitrogens with zero attached hydrogens (tertiary/aromatic N) is 3. The minimum Gasteiger partial charge on any atom is -0.508 e. The molecule has 2 saturated heterocycles. The topological polar surface area (TPSA) is 106 Å². The predicted octanol–water partition coefficient (Wildman–Crippen LogP) is 3.09. The molecule has 2 aromatic rings. The second-order valence-corrected chi connectivity index (χ2v) is 9.47. The zero-order valence-corrected chi connectivity index (χ0v) is 19.8. The molecule has 2 amide bonds. The molecule has 4 rings (SSSR count). The van der Waals surface area contributed by atoms with Crippen molar-refractivity contribution in [2.24, 2.45) is 17.6 Å². The number of phenolic OH excluding ortho intramolecular Hbond substituents is 1. The second-order valence-electron chi connectivity index (χ2n) is 9.47. The van der Waals surface area contributed by atoms with Crippen molar-refractivity contribution in [2.75, 3.05) is 51.3 Å². The summed E-state index contributed by atoms with van der Waals surface area (Å²) in [5, 5.41) is 17.4. The van der Waals surface area contributed by atoms with E-state index in [0.717, 1.165) is 50.3 Å². The lowest BCUT2D eigenvalue weighted by atomic mass is 9.94. The Morgan fingerprint density at radius 3 is 2.59 bits per heavy atom. The number of methoxy groups -OCH3 is 1. The van der Waals surface area contributed by atoms with E-state index in [-0.39, 0.29) is 17.8 Å². The first kappa shape index (κ1) is 24.0. The molecule has 1 atom stereocenters. The molecule has 8 heteroatoms. The van der Waals surface area contributed by atoms with E-state index >= 15 is 0 Å². The Labute approximate surface area is 201 Å². The van der Waals surface area contributed by atoms with E-state index in [1.54, 1.807) is 24.1 Å². The largest absolute Gasteiger partial charge is 0.508 e. The number of amidine groups is 1. The summed E-state index contributed by atoms with van der Waals surface area (Å²) in [4.78, 5) is 19.7. The number of likely N-dealkylation sites (tertiary alicyclic amines) is 1. The van der Waals surface area contributed by atoms with Crippen molar-refractivity contribution in [1.82, 2.24) is 9.80 Å². The van der Waals surface area contributed by atoms with Gasteiger partial charge in [0.15, 0.2) is 0 Å². The summed E-state index contributed by atoms with van der Waals surface area (Å²) in [6.45, 7) is 5.41. The first-order chi connectivity index (χ1) is 16.4. The van der Waals surface area contributed by atoms with Crippen LogP contribution in [0.25, 0.3) is 0 Å². The van der Waals surface area contributed by atoms with E-state index in [1.165, 1.54) is 0 Å². The van der Waals surface area contributed by atoms with E-state index in [4.69, 9.17) is 15.9 Å². The average Bonchev–Trinajstić information content (AvgIpc) is 2.82. The number of carbonyl (C=O) groups is 1. The quantitative estimate of drug-likeness (QED) is 0.410. The fourth-order valence-electron chi connectivity index (χ4n) is 5.06. The van der Waals surface area contributed by atoms with Crippen molar-refractivity contribution in [3.63, 3.8) is 0 Å². The van der Waals surface area contributed by atoms with Crippen molar-refractivity contribution in [1.29, 1.82) is 5.41 Å². The SMILES string of the molecule is COCC1CN(CC2CCN(Cc3cccc(O)c3)CC2)C(=O)N(c2cccc(C(=N)N)c2)C1. The van der Waals surface area contributed by atoms with Crippen LogP contribution < -0.4 is 10.6 Å². The maximum absolute atomic E-state index is 13.5. The molecule has 4 N–H and O–H groups in total. The number of nitrogen functional groups attached to an aromatic ring is 1. The molecule has 0 saturated carbocycles. The number of hydrogen-bond acceptors (Lipinski definition) is 5. The fourth-order valence-corrected chi connectivity index (χ4v) is 5.06. The smallest absolute Gasteiger partial charge is 0.324 e. The Morgan fingerprint density at radius 1 is 1.12 bits per heavy atom. The number of nitrogens with one attached hydrogen (secondary N) is 1. The number of anilines is 1. The molecule has 0 radical (unpaired) electrons. The van der Waals surface area contributed by atoms with Crippen LogP contribution in [-0.2, 0) is 11.3 Å². The lowest BCUT2D eigenvalue weighted by molar-refractivity contribution is 0.0986. The molecule has 182 valence electrons. The second kappa shape index (κ2) is 10.9. The van der Waals surface area contributed by atoms with Crippen molar-refractivity contribution in [3.8, 4) is 5.75 Å². The molecule has 34 heavy (non-hydrogen) atoms. The predicted molar refractivity (Wildman–Crippen MR) is 133 cm³/mol. The number of amides is 2. The number of piperidine rings is 1. The van der Waals surface area contributed by atoms with Gasteiger partial charge in [-0.25, -0.2) is 4.79 Å². The minimum atomic E-state index is -0.00548. The Bertz CT molecular complexity index is 1010. The third-order valence-electron chi connectivity index (χ3n) is 6.79. The Balaban J connectivity index is 1.39. The molecule has 2 aliphatic heterocycles. The molecular weight excluding hydrogens is 430 g/mol. The summed E-state index contributed by atoms with van der Waals surface area (Å²) in [5.74, 6) is 0.972. The number of urea groups is 1. The van der Waals surface area contributed by atoms with Crippen LogP contribution in [0, 0.1) is 17.2 Å². The third-order valence-corrected chi connectivity index (χ3v) is 6.79. The van der Waals surface area contributed by atoms with Gasteiger partial charge in [0.25, 0.3) is 0 Å². The van der Waals surface area contributed by atoms with Crippen LogP contribution in [-0.4, -0.2) is 73.2 Å². The van der Waals surface area contributed by atoms with Gasteiger partial charge >= 0.3 is 6.03 Å². The number of rotatable bonds is 8. The highest BCUT2D eigenvalue weighted by atomic mass is 16.5. The zero-order chi connectivity index (χ0) is 24.1. The van der Waals surface area contributed by atoms with E-state index in [0.29, 0.717) is 36.9 Å². The highest BCUT2D eigenvalue weighted by molar-refractivity contribution is 5.98. The van der Waals surface area contributed by atoms with Gasteiger partial charge < -0.3 is 20.5 Å². The van der Waals surface area contributed by atoms with Crippen molar-refractivity contribution < 1.29 is 14.6 Å². The van der Waals surface area contributed by atoms with Crippen molar-refractivity contribution in [2.45, 2.75) is 19.4 Å². The van der Waals surface area contributed by atoms with Crippen LogP contribution in [0.5, 0.6) is 5.75 Å². The summed E-state index contributed by atoms with van der Waals surface area (Å²) in [6.07, 6.45) is 2.08. The van der Waals surface area contributed by atoms with Crippen LogP contribution in [0.15, 0.2) is 48.5 Å². The van der Waals surface area contributed by atoms with Crippen LogP contribution in [0.1, 0.15) is 24.0 Å². The summed E-state index contributed by atoms with van der Waals surface area (Å²) in [6, 6.07) is 14.8.